The summed E-state index contributed by atoms with van der Waals surface area (Å²) in [4.78, 5) is 0. The normalized spacial score (nSPS) is 27.3. The Labute approximate surface area is 83.3 Å². The first-order chi connectivity index (χ1) is 6.15. The van der Waals surface area contributed by atoms with Crippen LogP contribution in [0.15, 0.2) is 10.5 Å². The summed E-state index contributed by atoms with van der Waals surface area (Å²) in [6.45, 7) is 5.33. The van der Waals surface area contributed by atoms with Crippen LogP contribution in [0.2, 0.25) is 5.22 Å². The van der Waals surface area contributed by atoms with E-state index in [1.54, 1.807) is 0 Å². The van der Waals surface area contributed by atoms with Crippen LogP contribution in [0.3, 0.4) is 0 Å². The van der Waals surface area contributed by atoms with Gasteiger partial charge in [0.2, 0.25) is 0 Å². The molecule has 2 heterocycles. The SMILES string of the molecule is CCC1(C)NCCc2oc(Cl)cc21. The molecule has 0 aliphatic carbocycles. The zero-order valence-corrected chi connectivity index (χ0v) is 8.74. The van der Waals surface area contributed by atoms with Crippen molar-refractivity contribution in [1.29, 1.82) is 0 Å². The molecule has 13 heavy (non-hydrogen) atoms. The van der Waals surface area contributed by atoms with Gasteiger partial charge in [-0.3, -0.25) is 0 Å². The third-order valence-electron chi connectivity index (χ3n) is 2.95. The van der Waals surface area contributed by atoms with E-state index < -0.39 is 0 Å². The van der Waals surface area contributed by atoms with Crippen LogP contribution in [-0.4, -0.2) is 6.54 Å². The average Bonchev–Trinajstić information content (AvgIpc) is 2.48. The Hall–Kier alpha value is -0.470. The molecule has 1 N–H and O–H groups in total. The molecule has 1 aliphatic heterocycles. The molecule has 3 heteroatoms. The standard InChI is InChI=1S/C10H14ClNO/c1-3-10(2)7-6-9(11)13-8(7)4-5-12-10/h6,12H,3-5H2,1-2H3. The second-order valence-electron chi connectivity index (χ2n) is 3.75. The number of nitrogens with one attached hydrogen (secondary N) is 1. The highest BCUT2D eigenvalue weighted by Crippen LogP contribution is 2.34. The Morgan fingerprint density at radius 2 is 2.46 bits per heavy atom. The van der Waals surface area contributed by atoms with Crippen LogP contribution >= 0.6 is 11.6 Å². The first kappa shape index (κ1) is 9.10. The molecule has 0 fully saturated rings. The van der Waals surface area contributed by atoms with E-state index in [0.717, 1.165) is 25.1 Å². The molecule has 0 radical (unpaired) electrons. The van der Waals surface area contributed by atoms with Gasteiger partial charge in [0.15, 0.2) is 5.22 Å². The van der Waals surface area contributed by atoms with E-state index in [0.29, 0.717) is 5.22 Å². The van der Waals surface area contributed by atoms with Gasteiger partial charge < -0.3 is 9.73 Å². The maximum Gasteiger partial charge on any atom is 0.193 e. The van der Waals surface area contributed by atoms with E-state index in [9.17, 15) is 0 Å². The fourth-order valence-electron chi connectivity index (χ4n) is 1.91. The number of fused-ring (bicyclic) bond motifs is 1. The molecular weight excluding hydrogens is 186 g/mol. The minimum absolute atomic E-state index is 0.0459. The van der Waals surface area contributed by atoms with Crippen molar-refractivity contribution in [2.45, 2.75) is 32.2 Å². The second kappa shape index (κ2) is 3.03. The second-order valence-corrected chi connectivity index (χ2v) is 4.12. The van der Waals surface area contributed by atoms with Crippen LogP contribution < -0.4 is 5.32 Å². The molecular formula is C10H14ClNO. The molecule has 1 atom stereocenters. The van der Waals surface area contributed by atoms with Crippen molar-refractivity contribution in [3.8, 4) is 0 Å². The first-order valence-corrected chi connectivity index (χ1v) is 5.07. The summed E-state index contributed by atoms with van der Waals surface area (Å²) in [5.74, 6) is 1.05. The summed E-state index contributed by atoms with van der Waals surface area (Å²) in [7, 11) is 0. The van der Waals surface area contributed by atoms with Crippen molar-refractivity contribution in [1.82, 2.24) is 5.32 Å². The first-order valence-electron chi connectivity index (χ1n) is 4.69. The van der Waals surface area contributed by atoms with Gasteiger partial charge in [0, 0.05) is 30.1 Å². The molecule has 0 bridgehead atoms. The minimum atomic E-state index is 0.0459. The fourth-order valence-corrected chi connectivity index (χ4v) is 2.11. The van der Waals surface area contributed by atoms with Crippen LogP contribution in [0.4, 0.5) is 0 Å². The van der Waals surface area contributed by atoms with Crippen molar-refractivity contribution in [2.24, 2.45) is 0 Å². The van der Waals surface area contributed by atoms with Crippen molar-refractivity contribution in [2.75, 3.05) is 6.54 Å². The van der Waals surface area contributed by atoms with Gasteiger partial charge in [-0.2, -0.15) is 0 Å². The van der Waals surface area contributed by atoms with Crippen molar-refractivity contribution >= 4 is 11.6 Å². The van der Waals surface area contributed by atoms with Gasteiger partial charge in [0.25, 0.3) is 0 Å². The van der Waals surface area contributed by atoms with E-state index >= 15 is 0 Å². The molecule has 0 saturated carbocycles. The summed E-state index contributed by atoms with van der Waals surface area (Å²) in [6.07, 6.45) is 1.99. The molecule has 2 nitrogen and oxygen atoms in total. The zero-order chi connectivity index (χ0) is 9.47. The Morgan fingerprint density at radius 1 is 1.69 bits per heavy atom. The molecule has 1 aliphatic rings. The van der Waals surface area contributed by atoms with E-state index in [1.165, 1.54) is 5.56 Å². The molecule has 1 aromatic heterocycles. The van der Waals surface area contributed by atoms with E-state index in [1.807, 2.05) is 6.07 Å². The number of furan rings is 1. The monoisotopic (exact) mass is 199 g/mol. The van der Waals surface area contributed by atoms with Gasteiger partial charge in [-0.15, -0.1) is 0 Å². The highest BCUT2D eigenvalue weighted by Gasteiger charge is 2.32. The molecule has 0 amide bonds. The predicted octanol–water partition coefficient (Wildman–Crippen LogP) is 2.70. The Morgan fingerprint density at radius 3 is 3.15 bits per heavy atom. The summed E-state index contributed by atoms with van der Waals surface area (Å²) in [6, 6.07) is 1.94. The Bertz CT molecular complexity index is 321. The maximum absolute atomic E-state index is 5.84. The van der Waals surface area contributed by atoms with Crippen LogP contribution in [-0.2, 0) is 12.0 Å². The lowest BCUT2D eigenvalue weighted by atomic mass is 9.86. The molecule has 0 aromatic carbocycles. The smallest absolute Gasteiger partial charge is 0.193 e. The maximum atomic E-state index is 5.84. The van der Waals surface area contributed by atoms with Crippen LogP contribution in [0, 0.1) is 0 Å². The van der Waals surface area contributed by atoms with Crippen LogP contribution in [0.5, 0.6) is 0 Å². The van der Waals surface area contributed by atoms with E-state index in [2.05, 4.69) is 19.2 Å². The zero-order valence-electron chi connectivity index (χ0n) is 7.98. The lowest BCUT2D eigenvalue weighted by Gasteiger charge is -2.33. The number of hydrogen-bond acceptors (Lipinski definition) is 2. The Balaban J connectivity index is 2.47. The molecule has 1 aromatic rings. The lowest BCUT2D eigenvalue weighted by molar-refractivity contribution is 0.316. The molecule has 0 saturated heterocycles. The summed E-state index contributed by atoms with van der Waals surface area (Å²) in [5, 5.41) is 4.00. The summed E-state index contributed by atoms with van der Waals surface area (Å²) < 4.78 is 5.43. The number of halogens is 1. The highest BCUT2D eigenvalue weighted by molar-refractivity contribution is 6.28. The lowest BCUT2D eigenvalue weighted by Crippen LogP contribution is -2.43. The quantitative estimate of drug-likeness (QED) is 0.753. The van der Waals surface area contributed by atoms with Gasteiger partial charge in [-0.25, -0.2) is 0 Å². The topological polar surface area (TPSA) is 25.2 Å². The average molecular weight is 200 g/mol. The number of hydrogen-bond donors (Lipinski definition) is 1. The summed E-state index contributed by atoms with van der Waals surface area (Å²) >= 11 is 5.84. The minimum Gasteiger partial charge on any atom is -0.449 e. The van der Waals surface area contributed by atoms with E-state index in [4.69, 9.17) is 16.0 Å². The third kappa shape index (κ3) is 1.38. The largest absolute Gasteiger partial charge is 0.449 e. The fraction of sp³-hybridized carbons (Fsp3) is 0.600. The van der Waals surface area contributed by atoms with Gasteiger partial charge in [0.05, 0.1) is 0 Å². The number of rotatable bonds is 1. The van der Waals surface area contributed by atoms with Gasteiger partial charge >= 0.3 is 0 Å². The summed E-state index contributed by atoms with van der Waals surface area (Å²) in [5.41, 5.74) is 1.27. The van der Waals surface area contributed by atoms with Gasteiger partial charge in [-0.05, 0) is 24.9 Å². The Kier molecular flexibility index (Phi) is 2.12. The van der Waals surface area contributed by atoms with Crippen molar-refractivity contribution in [3.63, 3.8) is 0 Å². The van der Waals surface area contributed by atoms with Crippen LogP contribution in [0.1, 0.15) is 31.6 Å². The van der Waals surface area contributed by atoms with Gasteiger partial charge in [0.1, 0.15) is 5.76 Å². The third-order valence-corrected chi connectivity index (χ3v) is 3.13. The van der Waals surface area contributed by atoms with Gasteiger partial charge in [-0.1, -0.05) is 6.92 Å². The van der Waals surface area contributed by atoms with Crippen molar-refractivity contribution in [3.05, 3.63) is 22.6 Å². The van der Waals surface area contributed by atoms with Crippen LogP contribution in [0.25, 0.3) is 0 Å². The molecule has 1 unspecified atom stereocenters. The molecule has 0 spiro atoms. The molecule has 72 valence electrons. The molecule has 2 rings (SSSR count). The predicted molar refractivity (Wildman–Crippen MR) is 53.1 cm³/mol. The van der Waals surface area contributed by atoms with Crippen molar-refractivity contribution < 1.29 is 4.42 Å². The highest BCUT2D eigenvalue weighted by atomic mass is 35.5. The van der Waals surface area contributed by atoms with E-state index in [-0.39, 0.29) is 5.54 Å².